The molecular weight excluding hydrogens is 205 g/mol. The molecule has 0 radical (unpaired) electrons. The smallest absolute Gasteiger partial charge is 0.146 e. The molecule has 0 spiro atoms. The van der Waals surface area contributed by atoms with Gasteiger partial charge < -0.3 is 4.84 Å². The Morgan fingerprint density at radius 1 is 1.43 bits per heavy atom. The molecule has 1 aromatic rings. The highest BCUT2D eigenvalue weighted by Crippen LogP contribution is 2.17. The number of halogens is 2. The average Bonchev–Trinajstić information content (AvgIpc) is 2.67. The molecular formula is C10H9ClFNO. The zero-order valence-corrected chi connectivity index (χ0v) is 8.17. The first-order chi connectivity index (χ1) is 6.79. The maximum atomic E-state index is 12.6. The monoisotopic (exact) mass is 213 g/mol. The van der Waals surface area contributed by atoms with E-state index in [1.54, 1.807) is 12.1 Å². The summed E-state index contributed by atoms with van der Waals surface area (Å²) in [5.74, 6) is 0.177. The van der Waals surface area contributed by atoms with Crippen molar-refractivity contribution in [3.05, 3.63) is 35.6 Å². The summed E-state index contributed by atoms with van der Waals surface area (Å²) < 4.78 is 12.6. The van der Waals surface area contributed by atoms with Gasteiger partial charge >= 0.3 is 0 Å². The molecule has 0 N–H and O–H groups in total. The van der Waals surface area contributed by atoms with Crippen molar-refractivity contribution in [1.82, 2.24) is 0 Å². The first kappa shape index (κ1) is 9.46. The predicted molar refractivity (Wildman–Crippen MR) is 53.1 cm³/mol. The number of benzene rings is 1. The van der Waals surface area contributed by atoms with Crippen LogP contribution < -0.4 is 0 Å². The highest BCUT2D eigenvalue weighted by Gasteiger charge is 2.20. The SMILES string of the molecule is Fc1ccc(C2=NOC(CCl)C2)cc1. The summed E-state index contributed by atoms with van der Waals surface area (Å²) in [6.07, 6.45) is 0.645. The van der Waals surface area contributed by atoms with Gasteiger partial charge in [-0.3, -0.25) is 0 Å². The minimum Gasteiger partial charge on any atom is -0.391 e. The van der Waals surface area contributed by atoms with Gasteiger partial charge in [0.25, 0.3) is 0 Å². The second kappa shape index (κ2) is 3.96. The van der Waals surface area contributed by atoms with Crippen molar-refractivity contribution >= 4 is 17.3 Å². The third kappa shape index (κ3) is 1.87. The molecule has 0 aliphatic carbocycles. The highest BCUT2D eigenvalue weighted by atomic mass is 35.5. The van der Waals surface area contributed by atoms with Crippen LogP contribution in [0.5, 0.6) is 0 Å². The molecule has 4 heteroatoms. The number of nitrogens with zero attached hydrogens (tertiary/aromatic N) is 1. The van der Waals surface area contributed by atoms with E-state index in [2.05, 4.69) is 5.16 Å². The fourth-order valence-corrected chi connectivity index (χ4v) is 1.49. The molecule has 0 bridgehead atoms. The zero-order valence-electron chi connectivity index (χ0n) is 7.41. The van der Waals surface area contributed by atoms with Crippen LogP contribution in [0.3, 0.4) is 0 Å². The van der Waals surface area contributed by atoms with Gasteiger partial charge in [-0.15, -0.1) is 11.6 Å². The van der Waals surface area contributed by atoms with E-state index in [0.717, 1.165) is 11.3 Å². The fraction of sp³-hybridized carbons (Fsp3) is 0.300. The number of alkyl halides is 1. The van der Waals surface area contributed by atoms with Gasteiger partial charge in [0.05, 0.1) is 11.6 Å². The molecule has 1 aliphatic rings. The van der Waals surface area contributed by atoms with Crippen LogP contribution in [0.25, 0.3) is 0 Å². The largest absolute Gasteiger partial charge is 0.391 e. The lowest BCUT2D eigenvalue weighted by Gasteiger charge is -2.00. The summed E-state index contributed by atoms with van der Waals surface area (Å²) >= 11 is 5.63. The van der Waals surface area contributed by atoms with Gasteiger partial charge in [-0.1, -0.05) is 17.3 Å². The van der Waals surface area contributed by atoms with Crippen LogP contribution in [0, 0.1) is 5.82 Å². The third-order valence-corrected chi connectivity index (χ3v) is 2.43. The van der Waals surface area contributed by atoms with Gasteiger partial charge in [0.2, 0.25) is 0 Å². The van der Waals surface area contributed by atoms with Crippen LogP contribution in [0.1, 0.15) is 12.0 Å². The van der Waals surface area contributed by atoms with Gasteiger partial charge in [-0.05, 0) is 17.7 Å². The van der Waals surface area contributed by atoms with E-state index >= 15 is 0 Å². The molecule has 0 aromatic heterocycles. The first-order valence-electron chi connectivity index (χ1n) is 4.34. The van der Waals surface area contributed by atoms with E-state index < -0.39 is 0 Å². The maximum Gasteiger partial charge on any atom is 0.146 e. The molecule has 0 amide bonds. The normalized spacial score (nSPS) is 20.4. The third-order valence-electron chi connectivity index (χ3n) is 2.08. The minimum atomic E-state index is -0.248. The maximum absolute atomic E-state index is 12.6. The Bertz CT molecular complexity index is 350. The van der Waals surface area contributed by atoms with Crippen LogP contribution in [0.4, 0.5) is 4.39 Å². The van der Waals surface area contributed by atoms with Crippen molar-refractivity contribution in [3.8, 4) is 0 Å². The van der Waals surface area contributed by atoms with Gasteiger partial charge in [0, 0.05) is 6.42 Å². The lowest BCUT2D eigenvalue weighted by atomic mass is 10.1. The van der Waals surface area contributed by atoms with Crippen molar-refractivity contribution in [2.45, 2.75) is 12.5 Å². The Hall–Kier alpha value is -1.09. The molecule has 1 heterocycles. The van der Waals surface area contributed by atoms with Crippen LogP contribution in [-0.4, -0.2) is 17.7 Å². The Morgan fingerprint density at radius 3 is 2.71 bits per heavy atom. The molecule has 1 aliphatic heterocycles. The number of hydrogen-bond acceptors (Lipinski definition) is 2. The van der Waals surface area contributed by atoms with Crippen LogP contribution in [0.15, 0.2) is 29.4 Å². The predicted octanol–water partition coefficient (Wildman–Crippen LogP) is 2.56. The lowest BCUT2D eigenvalue weighted by molar-refractivity contribution is 0.102. The van der Waals surface area contributed by atoms with E-state index in [1.807, 2.05) is 0 Å². The summed E-state index contributed by atoms with van der Waals surface area (Å²) in [5, 5.41) is 3.90. The van der Waals surface area contributed by atoms with Gasteiger partial charge in [-0.25, -0.2) is 4.39 Å². The van der Waals surface area contributed by atoms with Crippen LogP contribution in [-0.2, 0) is 4.84 Å². The Labute approximate surface area is 86.3 Å². The summed E-state index contributed by atoms with van der Waals surface area (Å²) in [7, 11) is 0. The summed E-state index contributed by atoms with van der Waals surface area (Å²) in [6.45, 7) is 0. The minimum absolute atomic E-state index is 0.0447. The molecule has 0 saturated heterocycles. The fourth-order valence-electron chi connectivity index (χ4n) is 1.32. The first-order valence-corrected chi connectivity index (χ1v) is 4.87. The summed E-state index contributed by atoms with van der Waals surface area (Å²) in [4.78, 5) is 5.06. The Balaban J connectivity index is 2.13. The van der Waals surface area contributed by atoms with Gasteiger partial charge in [-0.2, -0.15) is 0 Å². The van der Waals surface area contributed by atoms with Crippen LogP contribution >= 0.6 is 11.6 Å². The molecule has 1 aromatic carbocycles. The number of rotatable bonds is 2. The number of hydrogen-bond donors (Lipinski definition) is 0. The van der Waals surface area contributed by atoms with Crippen molar-refractivity contribution in [1.29, 1.82) is 0 Å². The zero-order chi connectivity index (χ0) is 9.97. The molecule has 14 heavy (non-hydrogen) atoms. The summed E-state index contributed by atoms with van der Waals surface area (Å²) in [6, 6.07) is 6.19. The standard InChI is InChI=1S/C10H9ClFNO/c11-6-9-5-10(13-14-9)7-1-3-8(12)4-2-7/h1-4,9H,5-6H2. The molecule has 2 nitrogen and oxygen atoms in total. The highest BCUT2D eigenvalue weighted by molar-refractivity contribution is 6.18. The van der Waals surface area contributed by atoms with Crippen LogP contribution in [0.2, 0.25) is 0 Å². The Morgan fingerprint density at radius 2 is 2.14 bits per heavy atom. The second-order valence-corrected chi connectivity index (χ2v) is 3.44. The molecule has 2 rings (SSSR count). The average molecular weight is 214 g/mol. The van der Waals surface area contributed by atoms with Gasteiger partial charge in [0.15, 0.2) is 0 Å². The molecule has 0 saturated carbocycles. The van der Waals surface area contributed by atoms with E-state index in [-0.39, 0.29) is 11.9 Å². The van der Waals surface area contributed by atoms with E-state index in [4.69, 9.17) is 16.4 Å². The quantitative estimate of drug-likeness (QED) is 0.692. The molecule has 1 unspecified atom stereocenters. The van der Waals surface area contributed by atoms with Crippen molar-refractivity contribution < 1.29 is 9.23 Å². The summed E-state index contributed by atoms with van der Waals surface area (Å²) in [5.41, 5.74) is 1.72. The molecule has 0 fully saturated rings. The van der Waals surface area contributed by atoms with E-state index in [0.29, 0.717) is 12.3 Å². The van der Waals surface area contributed by atoms with Crippen molar-refractivity contribution in [2.75, 3.05) is 5.88 Å². The second-order valence-electron chi connectivity index (χ2n) is 3.13. The van der Waals surface area contributed by atoms with Crippen molar-refractivity contribution in [2.24, 2.45) is 5.16 Å². The van der Waals surface area contributed by atoms with E-state index in [9.17, 15) is 4.39 Å². The van der Waals surface area contributed by atoms with Gasteiger partial charge in [0.1, 0.15) is 11.9 Å². The Kier molecular flexibility index (Phi) is 2.68. The van der Waals surface area contributed by atoms with Crippen molar-refractivity contribution in [3.63, 3.8) is 0 Å². The molecule has 74 valence electrons. The lowest BCUT2D eigenvalue weighted by Crippen LogP contribution is -2.09. The topological polar surface area (TPSA) is 21.6 Å². The van der Waals surface area contributed by atoms with E-state index in [1.165, 1.54) is 12.1 Å². The molecule has 1 atom stereocenters. The number of oxime groups is 1.